The number of aromatic nitrogens is 1. The zero-order valence-electron chi connectivity index (χ0n) is 13.3. The summed E-state index contributed by atoms with van der Waals surface area (Å²) >= 11 is 0. The van der Waals surface area contributed by atoms with Crippen LogP contribution < -0.4 is 4.74 Å². The van der Waals surface area contributed by atoms with Crippen molar-refractivity contribution in [2.24, 2.45) is 0 Å². The van der Waals surface area contributed by atoms with Gasteiger partial charge in [0.25, 0.3) is 0 Å². The van der Waals surface area contributed by atoms with Crippen molar-refractivity contribution < 1.29 is 19.4 Å². The van der Waals surface area contributed by atoms with E-state index in [4.69, 9.17) is 9.47 Å². The van der Waals surface area contributed by atoms with E-state index in [1.54, 1.807) is 13.3 Å². The highest BCUT2D eigenvalue weighted by Crippen LogP contribution is 2.30. The summed E-state index contributed by atoms with van der Waals surface area (Å²) in [5, 5.41) is 10.3. The van der Waals surface area contributed by atoms with Crippen molar-refractivity contribution in [2.75, 3.05) is 20.8 Å². The first kappa shape index (κ1) is 15.4. The lowest BCUT2D eigenvalue weighted by Gasteiger charge is -2.28. The highest BCUT2D eigenvalue weighted by molar-refractivity contribution is 5.92. The zero-order valence-corrected chi connectivity index (χ0v) is 13.3. The highest BCUT2D eigenvalue weighted by Gasteiger charge is 2.25. The molecular weight excluding hydrogens is 296 g/mol. The molecular formula is C17H20N2O4. The Morgan fingerprint density at radius 1 is 1.22 bits per heavy atom. The molecule has 3 rings (SSSR count). The van der Waals surface area contributed by atoms with Crippen molar-refractivity contribution in [3.05, 3.63) is 47.3 Å². The van der Waals surface area contributed by atoms with Gasteiger partial charge in [-0.05, 0) is 17.7 Å². The van der Waals surface area contributed by atoms with E-state index < -0.39 is 5.97 Å². The van der Waals surface area contributed by atoms with Crippen LogP contribution in [0, 0.1) is 0 Å². The third-order valence-electron chi connectivity index (χ3n) is 4.16. The van der Waals surface area contributed by atoms with Crippen LogP contribution in [0.15, 0.2) is 30.5 Å². The van der Waals surface area contributed by atoms with E-state index in [1.165, 1.54) is 12.7 Å². The van der Waals surface area contributed by atoms with Crippen molar-refractivity contribution in [1.29, 1.82) is 0 Å². The summed E-state index contributed by atoms with van der Waals surface area (Å²) in [5.74, 6) is 0.351. The van der Waals surface area contributed by atoms with Gasteiger partial charge in [-0.15, -0.1) is 0 Å². The molecule has 1 aromatic carbocycles. The molecule has 0 saturated heterocycles. The Bertz CT molecular complexity index is 706. The lowest BCUT2D eigenvalue weighted by Crippen LogP contribution is -2.32. The number of methoxy groups -OCH3 is 2. The van der Waals surface area contributed by atoms with Gasteiger partial charge in [0, 0.05) is 32.4 Å². The molecule has 0 spiro atoms. The number of hydrogen-bond donors (Lipinski definition) is 1. The lowest BCUT2D eigenvalue weighted by atomic mass is 10.2. The molecule has 122 valence electrons. The van der Waals surface area contributed by atoms with Crippen LogP contribution in [0.5, 0.6) is 11.5 Å². The molecule has 0 atom stereocenters. The molecule has 0 unspecified atom stereocenters. The second kappa shape index (κ2) is 6.34. The number of carbonyl (C=O) groups excluding carboxylic acids is 1. The molecule has 0 radical (unpaired) electrons. The minimum Gasteiger partial charge on any atom is -0.505 e. The number of ether oxygens (including phenoxy) is 2. The van der Waals surface area contributed by atoms with Gasteiger partial charge >= 0.3 is 5.97 Å². The van der Waals surface area contributed by atoms with E-state index in [0.29, 0.717) is 6.54 Å². The number of esters is 1. The lowest BCUT2D eigenvalue weighted by molar-refractivity contribution is 0.0597. The predicted octanol–water partition coefficient (Wildman–Crippen LogP) is 2.00. The second-order valence-electron chi connectivity index (χ2n) is 5.58. The van der Waals surface area contributed by atoms with Crippen LogP contribution in [0.1, 0.15) is 21.6 Å². The smallest absolute Gasteiger partial charge is 0.343 e. The molecule has 23 heavy (non-hydrogen) atoms. The molecule has 2 heterocycles. The van der Waals surface area contributed by atoms with Gasteiger partial charge in [-0.2, -0.15) is 0 Å². The van der Waals surface area contributed by atoms with Gasteiger partial charge < -0.3 is 19.1 Å². The van der Waals surface area contributed by atoms with Crippen LogP contribution in [-0.2, 0) is 24.4 Å². The fourth-order valence-corrected chi connectivity index (χ4v) is 2.88. The molecule has 1 aromatic heterocycles. The van der Waals surface area contributed by atoms with Gasteiger partial charge in [-0.3, -0.25) is 4.90 Å². The molecule has 1 aliphatic rings. The Balaban J connectivity index is 1.74. The SMILES string of the molecule is COC(=O)c1cn2c(c1O)CN(Cc1ccc(OC)cc1)CC2. The number of carbonyl (C=O) groups is 1. The topological polar surface area (TPSA) is 63.9 Å². The Kier molecular flexibility index (Phi) is 4.25. The van der Waals surface area contributed by atoms with E-state index in [-0.39, 0.29) is 11.3 Å². The van der Waals surface area contributed by atoms with Crippen LogP contribution in [0.3, 0.4) is 0 Å². The molecule has 6 heteroatoms. The maximum Gasteiger partial charge on any atom is 0.343 e. The van der Waals surface area contributed by atoms with Gasteiger partial charge in [0.2, 0.25) is 0 Å². The molecule has 0 aliphatic carbocycles. The summed E-state index contributed by atoms with van der Waals surface area (Å²) < 4.78 is 11.8. The van der Waals surface area contributed by atoms with Crippen molar-refractivity contribution in [3.63, 3.8) is 0 Å². The van der Waals surface area contributed by atoms with Gasteiger partial charge in [-0.1, -0.05) is 12.1 Å². The molecule has 0 bridgehead atoms. The Morgan fingerprint density at radius 2 is 1.96 bits per heavy atom. The van der Waals surface area contributed by atoms with Crippen LogP contribution in [0.2, 0.25) is 0 Å². The van der Waals surface area contributed by atoms with Crippen molar-refractivity contribution >= 4 is 5.97 Å². The van der Waals surface area contributed by atoms with Gasteiger partial charge in [0.05, 0.1) is 19.9 Å². The average Bonchev–Trinajstić information content (AvgIpc) is 2.91. The van der Waals surface area contributed by atoms with Crippen molar-refractivity contribution in [3.8, 4) is 11.5 Å². The Labute approximate surface area is 134 Å². The molecule has 1 aliphatic heterocycles. The first-order valence-corrected chi connectivity index (χ1v) is 7.47. The van der Waals surface area contributed by atoms with Crippen molar-refractivity contribution in [1.82, 2.24) is 9.47 Å². The second-order valence-corrected chi connectivity index (χ2v) is 5.58. The number of rotatable bonds is 4. The number of benzene rings is 1. The third-order valence-corrected chi connectivity index (χ3v) is 4.16. The maximum absolute atomic E-state index is 11.7. The maximum atomic E-state index is 11.7. The van der Waals surface area contributed by atoms with Crippen LogP contribution in [-0.4, -0.2) is 41.3 Å². The van der Waals surface area contributed by atoms with Gasteiger partial charge in [0.15, 0.2) is 5.75 Å². The Hall–Kier alpha value is -2.47. The minimum absolute atomic E-state index is 0.0243. The van der Waals surface area contributed by atoms with Crippen molar-refractivity contribution in [2.45, 2.75) is 19.6 Å². The number of nitrogens with zero attached hydrogens (tertiary/aromatic N) is 2. The van der Waals surface area contributed by atoms with Crippen LogP contribution in [0.25, 0.3) is 0 Å². The van der Waals surface area contributed by atoms with E-state index in [9.17, 15) is 9.90 Å². The zero-order chi connectivity index (χ0) is 16.4. The fraction of sp³-hybridized carbons (Fsp3) is 0.353. The normalized spacial score (nSPS) is 14.3. The summed E-state index contributed by atoms with van der Waals surface area (Å²) in [4.78, 5) is 13.9. The van der Waals surface area contributed by atoms with E-state index in [0.717, 1.165) is 31.1 Å². The molecule has 0 fully saturated rings. The van der Waals surface area contributed by atoms with E-state index in [2.05, 4.69) is 4.90 Å². The summed E-state index contributed by atoms with van der Waals surface area (Å²) in [6, 6.07) is 7.95. The standard InChI is InChI=1S/C17H20N2O4/c1-22-13-5-3-12(4-6-13)9-18-7-8-19-10-14(17(21)23-2)16(20)15(19)11-18/h3-6,10,20H,7-9,11H2,1-2H3. The third kappa shape index (κ3) is 3.03. The van der Waals surface area contributed by atoms with E-state index in [1.807, 2.05) is 28.8 Å². The number of aromatic hydroxyl groups is 1. The summed E-state index contributed by atoms with van der Waals surface area (Å²) in [6.07, 6.45) is 1.67. The van der Waals surface area contributed by atoms with E-state index >= 15 is 0 Å². The van der Waals surface area contributed by atoms with Gasteiger partial charge in [0.1, 0.15) is 11.3 Å². The Morgan fingerprint density at radius 3 is 2.61 bits per heavy atom. The summed E-state index contributed by atoms with van der Waals surface area (Å²) in [5.41, 5.74) is 2.16. The van der Waals surface area contributed by atoms with Gasteiger partial charge in [-0.25, -0.2) is 4.79 Å². The minimum atomic E-state index is -0.508. The average molecular weight is 316 g/mol. The molecule has 1 N–H and O–H groups in total. The first-order chi connectivity index (χ1) is 11.1. The fourth-order valence-electron chi connectivity index (χ4n) is 2.88. The molecule has 0 saturated carbocycles. The molecule has 0 amide bonds. The summed E-state index contributed by atoms with van der Waals surface area (Å²) in [7, 11) is 2.96. The molecule has 2 aromatic rings. The first-order valence-electron chi connectivity index (χ1n) is 7.47. The van der Waals surface area contributed by atoms with Crippen LogP contribution >= 0.6 is 0 Å². The summed E-state index contributed by atoms with van der Waals surface area (Å²) in [6.45, 7) is 2.96. The van der Waals surface area contributed by atoms with Crippen LogP contribution in [0.4, 0.5) is 0 Å². The highest BCUT2D eigenvalue weighted by atomic mass is 16.5. The molecule has 6 nitrogen and oxygen atoms in total. The quantitative estimate of drug-likeness (QED) is 0.874. The number of hydrogen-bond acceptors (Lipinski definition) is 5. The predicted molar refractivity (Wildman–Crippen MR) is 84.5 cm³/mol. The largest absolute Gasteiger partial charge is 0.505 e. The monoisotopic (exact) mass is 316 g/mol. The number of fused-ring (bicyclic) bond motifs is 1.